The summed E-state index contributed by atoms with van der Waals surface area (Å²) in [7, 11) is 0. The zero-order valence-corrected chi connectivity index (χ0v) is 15.0. The van der Waals surface area contributed by atoms with Gasteiger partial charge < -0.3 is 5.11 Å². The summed E-state index contributed by atoms with van der Waals surface area (Å²) in [6.07, 6.45) is 0.645. The van der Waals surface area contributed by atoms with Gasteiger partial charge in [-0.25, -0.2) is 9.55 Å². The summed E-state index contributed by atoms with van der Waals surface area (Å²) in [6, 6.07) is 21.7. The predicted octanol–water partition coefficient (Wildman–Crippen LogP) is 3.29. The van der Waals surface area contributed by atoms with E-state index in [2.05, 4.69) is 10.3 Å². The topological polar surface area (TPSA) is 69.0 Å². The molecule has 3 N–H and O–H groups in total. The molecule has 5 nitrogen and oxygen atoms in total. The van der Waals surface area contributed by atoms with Gasteiger partial charge in [-0.1, -0.05) is 54.6 Å². The highest BCUT2D eigenvalue weighted by Crippen LogP contribution is 2.20. The Morgan fingerprint density at radius 3 is 2.67 bits per heavy atom. The van der Waals surface area contributed by atoms with Crippen LogP contribution >= 0.6 is 0 Å². The zero-order chi connectivity index (χ0) is 18.6. The highest BCUT2D eigenvalue weighted by Gasteiger charge is 2.21. The van der Waals surface area contributed by atoms with Crippen LogP contribution in [0, 0.1) is 0 Å². The van der Waals surface area contributed by atoms with Crippen LogP contribution in [0.1, 0.15) is 16.8 Å². The molecule has 5 heteroatoms. The maximum Gasteiger partial charge on any atom is 0.356 e. The molecule has 0 spiro atoms. The Hall–Kier alpha value is -3.18. The molecule has 27 heavy (non-hydrogen) atoms. The van der Waals surface area contributed by atoms with Crippen molar-refractivity contribution >= 4 is 33.5 Å². The Bertz CT molecular complexity index is 1100. The van der Waals surface area contributed by atoms with Gasteiger partial charge in [0.2, 0.25) is 0 Å². The second-order valence-electron chi connectivity index (χ2n) is 6.53. The first-order valence-corrected chi connectivity index (χ1v) is 9.14. The molecule has 4 aromatic rings. The van der Waals surface area contributed by atoms with Crippen molar-refractivity contribution in [1.82, 2.24) is 4.98 Å². The Labute approximate surface area is 157 Å². The summed E-state index contributed by atoms with van der Waals surface area (Å²) in [6.45, 7) is 0.993. The second-order valence-corrected chi connectivity index (χ2v) is 6.53. The summed E-state index contributed by atoms with van der Waals surface area (Å²) in [5, 5.41) is 14.4. The van der Waals surface area contributed by atoms with E-state index in [4.69, 9.17) is 5.11 Å². The number of carbonyl (C=O) groups excluding carboxylic acids is 1. The number of H-pyrrole nitrogens is 1. The number of aromatic amines is 1. The summed E-state index contributed by atoms with van der Waals surface area (Å²) in [5.41, 5.74) is 2.67. The first-order valence-electron chi connectivity index (χ1n) is 9.14. The second kappa shape index (κ2) is 7.60. The van der Waals surface area contributed by atoms with E-state index in [0.29, 0.717) is 13.0 Å². The van der Waals surface area contributed by atoms with Crippen molar-refractivity contribution in [3.63, 3.8) is 0 Å². The Morgan fingerprint density at radius 1 is 1.00 bits per heavy atom. The molecule has 0 radical (unpaired) electrons. The number of carbonyl (C=O) groups is 1. The van der Waals surface area contributed by atoms with Crippen molar-refractivity contribution in [2.45, 2.75) is 13.0 Å². The molecule has 1 heterocycles. The van der Waals surface area contributed by atoms with Gasteiger partial charge >= 0.3 is 5.95 Å². The number of hydrogen-bond donors (Lipinski definition) is 3. The Kier molecular flexibility index (Phi) is 4.85. The molecule has 0 unspecified atom stereocenters. The van der Waals surface area contributed by atoms with Gasteiger partial charge in [-0.3, -0.25) is 10.1 Å². The van der Waals surface area contributed by atoms with E-state index >= 15 is 0 Å². The lowest BCUT2D eigenvalue weighted by Gasteiger charge is -2.07. The van der Waals surface area contributed by atoms with Crippen LogP contribution in [0.4, 0.5) is 5.95 Å². The minimum atomic E-state index is 0.0618. The van der Waals surface area contributed by atoms with Gasteiger partial charge in [0.05, 0.1) is 6.54 Å². The summed E-state index contributed by atoms with van der Waals surface area (Å²) in [5.74, 6) is 0.838. The Balaban J connectivity index is 1.71. The third kappa shape index (κ3) is 3.41. The average molecular weight is 360 g/mol. The number of para-hydroxylation sites is 2. The summed E-state index contributed by atoms with van der Waals surface area (Å²) < 4.78 is 1.97. The van der Waals surface area contributed by atoms with Crippen LogP contribution in [0.3, 0.4) is 0 Å². The number of Topliss-reactive ketones (excluding diaryl/α,β-unsaturated/α-hetero) is 1. The minimum Gasteiger partial charge on any atom is -0.396 e. The van der Waals surface area contributed by atoms with E-state index in [0.717, 1.165) is 33.3 Å². The molecule has 3 aromatic carbocycles. The number of fused-ring (bicyclic) bond motifs is 2. The minimum absolute atomic E-state index is 0.0618. The van der Waals surface area contributed by atoms with E-state index in [1.165, 1.54) is 0 Å². The van der Waals surface area contributed by atoms with Gasteiger partial charge in [0, 0.05) is 18.6 Å². The van der Waals surface area contributed by atoms with E-state index < -0.39 is 0 Å². The fourth-order valence-electron chi connectivity index (χ4n) is 3.42. The van der Waals surface area contributed by atoms with Crippen LogP contribution < -0.4 is 9.88 Å². The number of benzene rings is 3. The van der Waals surface area contributed by atoms with Crippen molar-refractivity contribution in [2.24, 2.45) is 0 Å². The molecule has 0 saturated heterocycles. The molecule has 4 rings (SSSR count). The van der Waals surface area contributed by atoms with E-state index in [1.54, 1.807) is 0 Å². The fourth-order valence-corrected chi connectivity index (χ4v) is 3.42. The zero-order valence-electron chi connectivity index (χ0n) is 15.0. The number of aliphatic hydroxyl groups is 1. The highest BCUT2D eigenvalue weighted by atomic mass is 16.3. The SMILES string of the molecule is O=C(C[n+]1c(NCCCO)[nH]c2ccccc21)c1cccc2ccccc12. The molecule has 136 valence electrons. The molecule has 0 bridgehead atoms. The van der Waals surface area contributed by atoms with Gasteiger partial charge in [0.25, 0.3) is 0 Å². The van der Waals surface area contributed by atoms with Crippen LogP contribution in [0.2, 0.25) is 0 Å². The van der Waals surface area contributed by atoms with E-state index in [1.807, 2.05) is 71.3 Å². The summed E-state index contributed by atoms with van der Waals surface area (Å²) >= 11 is 0. The molecule has 0 amide bonds. The van der Waals surface area contributed by atoms with Crippen molar-refractivity contribution in [2.75, 3.05) is 18.5 Å². The smallest absolute Gasteiger partial charge is 0.356 e. The number of nitrogens with one attached hydrogen (secondary N) is 2. The number of rotatable bonds is 7. The van der Waals surface area contributed by atoms with Crippen molar-refractivity contribution in [3.8, 4) is 0 Å². The van der Waals surface area contributed by atoms with Gasteiger partial charge in [-0.2, -0.15) is 0 Å². The van der Waals surface area contributed by atoms with E-state index in [-0.39, 0.29) is 18.9 Å². The first kappa shape index (κ1) is 17.2. The summed E-state index contributed by atoms with van der Waals surface area (Å²) in [4.78, 5) is 16.5. The van der Waals surface area contributed by atoms with Crippen LogP contribution in [-0.4, -0.2) is 29.0 Å². The molecule has 0 aliphatic rings. The lowest BCUT2D eigenvalue weighted by atomic mass is 10.0. The van der Waals surface area contributed by atoms with Gasteiger partial charge in [0.15, 0.2) is 5.78 Å². The van der Waals surface area contributed by atoms with Crippen LogP contribution in [-0.2, 0) is 6.54 Å². The molecule has 0 saturated carbocycles. The quantitative estimate of drug-likeness (QED) is 0.269. The van der Waals surface area contributed by atoms with Gasteiger partial charge in [-0.05, 0) is 22.9 Å². The number of nitrogens with zero attached hydrogens (tertiary/aromatic N) is 1. The molecule has 0 aliphatic carbocycles. The van der Waals surface area contributed by atoms with E-state index in [9.17, 15) is 4.79 Å². The molecule has 1 aromatic heterocycles. The maximum atomic E-state index is 13.1. The third-order valence-corrected chi connectivity index (χ3v) is 4.74. The van der Waals surface area contributed by atoms with Crippen molar-refractivity contribution < 1.29 is 14.5 Å². The van der Waals surface area contributed by atoms with Crippen molar-refractivity contribution in [1.29, 1.82) is 0 Å². The Morgan fingerprint density at radius 2 is 1.78 bits per heavy atom. The van der Waals surface area contributed by atoms with Gasteiger partial charge in [-0.15, -0.1) is 0 Å². The molecular weight excluding hydrogens is 338 g/mol. The normalized spacial score (nSPS) is 11.1. The number of ketones is 1. The van der Waals surface area contributed by atoms with Gasteiger partial charge in [0.1, 0.15) is 17.6 Å². The maximum absolute atomic E-state index is 13.1. The standard InChI is InChI=1S/C22H21N3O2/c26-14-6-13-23-22-24-19-11-3-4-12-20(19)25(22)15-21(27)18-10-5-8-16-7-1-2-9-17(16)18/h1-5,7-12,26H,6,13-15H2,(H,23,24)/p+1. The molecular formula is C22H22N3O2+. The fraction of sp³-hybridized carbons (Fsp3) is 0.182. The first-order chi connectivity index (χ1) is 13.3. The largest absolute Gasteiger partial charge is 0.396 e. The molecule has 0 fully saturated rings. The highest BCUT2D eigenvalue weighted by molar-refractivity contribution is 6.07. The number of imidazole rings is 1. The lowest BCUT2D eigenvalue weighted by molar-refractivity contribution is -0.642. The number of hydrogen-bond acceptors (Lipinski definition) is 3. The van der Waals surface area contributed by atoms with Crippen molar-refractivity contribution in [3.05, 3.63) is 72.3 Å². The monoisotopic (exact) mass is 360 g/mol. The predicted molar refractivity (Wildman–Crippen MR) is 107 cm³/mol. The lowest BCUT2D eigenvalue weighted by Crippen LogP contribution is -2.40. The van der Waals surface area contributed by atoms with Crippen LogP contribution in [0.25, 0.3) is 21.8 Å². The number of aromatic nitrogens is 2. The third-order valence-electron chi connectivity index (χ3n) is 4.74. The number of anilines is 1. The molecule has 0 atom stereocenters. The number of aliphatic hydroxyl groups excluding tert-OH is 1. The molecule has 0 aliphatic heterocycles. The van der Waals surface area contributed by atoms with Crippen LogP contribution in [0.15, 0.2) is 66.7 Å². The average Bonchev–Trinajstić information content (AvgIpc) is 3.05. The van der Waals surface area contributed by atoms with Crippen LogP contribution in [0.5, 0.6) is 0 Å².